The van der Waals surface area contributed by atoms with Gasteiger partial charge in [0.2, 0.25) is 0 Å². The van der Waals surface area contributed by atoms with Crippen LogP contribution in [0.4, 0.5) is 5.69 Å². The van der Waals surface area contributed by atoms with E-state index >= 15 is 0 Å². The summed E-state index contributed by atoms with van der Waals surface area (Å²) in [5.41, 5.74) is 2.97. The fourth-order valence-electron chi connectivity index (χ4n) is 4.92. The molecule has 1 N–H and O–H groups in total. The van der Waals surface area contributed by atoms with Gasteiger partial charge in [-0.2, -0.15) is 5.10 Å². The van der Waals surface area contributed by atoms with E-state index in [0.717, 1.165) is 19.1 Å². The predicted molar refractivity (Wildman–Crippen MR) is 89.3 cm³/mol. The van der Waals surface area contributed by atoms with Gasteiger partial charge in [0, 0.05) is 42.1 Å². The van der Waals surface area contributed by atoms with Gasteiger partial charge < -0.3 is 10.1 Å². The minimum Gasteiger partial charge on any atom is -0.381 e. The maximum Gasteiger partial charge on any atom is 0.0699 e. The van der Waals surface area contributed by atoms with Gasteiger partial charge in [-0.3, -0.25) is 4.68 Å². The molecule has 0 bridgehead atoms. The Balaban J connectivity index is 1.29. The van der Waals surface area contributed by atoms with E-state index in [0.29, 0.717) is 17.6 Å². The maximum atomic E-state index is 6.01. The van der Waals surface area contributed by atoms with Crippen LogP contribution in [0.15, 0.2) is 42.7 Å². The van der Waals surface area contributed by atoms with Crippen LogP contribution in [0.2, 0.25) is 0 Å². The van der Waals surface area contributed by atoms with Gasteiger partial charge in [-0.1, -0.05) is 18.6 Å². The van der Waals surface area contributed by atoms with E-state index < -0.39 is 0 Å². The third-order valence-electron chi connectivity index (χ3n) is 6.22. The zero-order valence-electron chi connectivity index (χ0n) is 13.3. The summed E-state index contributed by atoms with van der Waals surface area (Å²) in [5.74, 6) is 0.721. The van der Waals surface area contributed by atoms with E-state index in [4.69, 9.17) is 4.74 Å². The van der Waals surface area contributed by atoms with E-state index in [2.05, 4.69) is 34.7 Å². The van der Waals surface area contributed by atoms with Gasteiger partial charge in [0.05, 0.1) is 12.6 Å². The summed E-state index contributed by atoms with van der Waals surface area (Å²) in [5, 5.41) is 8.09. The molecule has 3 aliphatic rings. The van der Waals surface area contributed by atoms with Gasteiger partial charge in [-0.25, -0.2) is 0 Å². The highest BCUT2D eigenvalue weighted by Crippen LogP contribution is 2.63. The molecule has 0 unspecified atom stereocenters. The van der Waals surface area contributed by atoms with Gasteiger partial charge >= 0.3 is 0 Å². The first-order valence-electron chi connectivity index (χ1n) is 8.80. The number of anilines is 1. The standard InChI is InChI=1S/C19H23N3O/c1-8-19(9-1)17(16-7-12-23-18(16)19)21-15-5-3-14(4-6-15)13-22-11-2-10-20-22/h2-6,10-11,16-18,21H,1,7-9,12-13H2/t16-,17+,18-/m0/s1. The second kappa shape index (κ2) is 5.10. The van der Waals surface area contributed by atoms with E-state index in [-0.39, 0.29) is 0 Å². The molecule has 1 aliphatic heterocycles. The normalized spacial score (nSPS) is 30.5. The first kappa shape index (κ1) is 13.6. The summed E-state index contributed by atoms with van der Waals surface area (Å²) >= 11 is 0. The molecular weight excluding hydrogens is 286 g/mol. The first-order valence-corrected chi connectivity index (χ1v) is 8.80. The van der Waals surface area contributed by atoms with Gasteiger partial charge in [0.15, 0.2) is 0 Å². The van der Waals surface area contributed by atoms with Crippen LogP contribution in [-0.2, 0) is 11.3 Å². The van der Waals surface area contributed by atoms with Crippen molar-refractivity contribution < 1.29 is 4.74 Å². The smallest absolute Gasteiger partial charge is 0.0699 e. The molecule has 120 valence electrons. The number of nitrogens with zero attached hydrogens (tertiary/aromatic N) is 2. The topological polar surface area (TPSA) is 39.1 Å². The number of rotatable bonds is 4. The van der Waals surface area contributed by atoms with Crippen LogP contribution < -0.4 is 5.32 Å². The third kappa shape index (κ3) is 2.04. The fraction of sp³-hybridized carbons (Fsp3) is 0.526. The van der Waals surface area contributed by atoms with Crippen LogP contribution >= 0.6 is 0 Å². The molecule has 23 heavy (non-hydrogen) atoms. The largest absolute Gasteiger partial charge is 0.381 e. The Bertz CT molecular complexity index is 675. The molecule has 5 rings (SSSR count). The van der Waals surface area contributed by atoms with Crippen LogP contribution in [0.5, 0.6) is 0 Å². The number of fused-ring (bicyclic) bond motifs is 2. The van der Waals surface area contributed by atoms with Crippen molar-refractivity contribution >= 4 is 5.69 Å². The van der Waals surface area contributed by atoms with Gasteiger partial charge in [-0.15, -0.1) is 0 Å². The molecule has 4 heteroatoms. The zero-order chi connectivity index (χ0) is 15.3. The molecule has 1 saturated heterocycles. The van der Waals surface area contributed by atoms with E-state index in [9.17, 15) is 0 Å². The molecule has 1 spiro atoms. The Morgan fingerprint density at radius 2 is 2.13 bits per heavy atom. The van der Waals surface area contributed by atoms with E-state index in [1.54, 1.807) is 0 Å². The van der Waals surface area contributed by atoms with Crippen LogP contribution in [0.3, 0.4) is 0 Å². The van der Waals surface area contributed by atoms with Crippen LogP contribution in [0.1, 0.15) is 31.2 Å². The molecule has 4 nitrogen and oxygen atoms in total. The van der Waals surface area contributed by atoms with E-state index in [1.165, 1.54) is 36.9 Å². The summed E-state index contributed by atoms with van der Waals surface area (Å²) in [7, 11) is 0. The highest BCUT2D eigenvalue weighted by Gasteiger charge is 2.66. The molecular formula is C19H23N3O. The number of benzene rings is 1. The van der Waals surface area contributed by atoms with Crippen LogP contribution in [0.25, 0.3) is 0 Å². The lowest BCUT2D eigenvalue weighted by atomic mass is 9.46. The highest BCUT2D eigenvalue weighted by atomic mass is 16.5. The average Bonchev–Trinajstić information content (AvgIpc) is 3.16. The van der Waals surface area contributed by atoms with Gasteiger partial charge in [0.1, 0.15) is 0 Å². The molecule has 3 fully saturated rings. The molecule has 3 atom stereocenters. The number of hydrogen-bond donors (Lipinski definition) is 1. The van der Waals surface area contributed by atoms with Crippen LogP contribution in [-0.4, -0.2) is 28.5 Å². The number of ether oxygens (including phenoxy) is 1. The summed E-state index contributed by atoms with van der Waals surface area (Å²) in [6.45, 7) is 1.79. The van der Waals surface area contributed by atoms with E-state index in [1.807, 2.05) is 23.1 Å². The predicted octanol–water partition coefficient (Wildman–Crippen LogP) is 3.30. The summed E-state index contributed by atoms with van der Waals surface area (Å²) in [4.78, 5) is 0. The second-order valence-electron chi connectivity index (χ2n) is 7.35. The lowest BCUT2D eigenvalue weighted by Crippen LogP contribution is -2.68. The number of nitrogens with one attached hydrogen (secondary N) is 1. The zero-order valence-corrected chi connectivity index (χ0v) is 13.3. The third-order valence-corrected chi connectivity index (χ3v) is 6.22. The van der Waals surface area contributed by atoms with Crippen molar-refractivity contribution in [2.24, 2.45) is 11.3 Å². The van der Waals surface area contributed by atoms with Crippen molar-refractivity contribution in [1.82, 2.24) is 9.78 Å². The first-order chi connectivity index (χ1) is 11.4. The Morgan fingerprint density at radius 1 is 1.26 bits per heavy atom. The lowest BCUT2D eigenvalue weighted by molar-refractivity contribution is -0.158. The van der Waals surface area contributed by atoms with Crippen LogP contribution in [0, 0.1) is 11.3 Å². The molecule has 0 amide bonds. The van der Waals surface area contributed by atoms with Crippen molar-refractivity contribution in [3.8, 4) is 0 Å². The molecule has 0 radical (unpaired) electrons. The quantitative estimate of drug-likeness (QED) is 0.942. The Hall–Kier alpha value is -1.81. The Labute approximate surface area is 136 Å². The Kier molecular flexibility index (Phi) is 3.02. The second-order valence-corrected chi connectivity index (χ2v) is 7.35. The molecule has 2 heterocycles. The molecule has 2 aromatic rings. The molecule has 1 aromatic carbocycles. The number of aromatic nitrogens is 2. The summed E-state index contributed by atoms with van der Waals surface area (Å²) in [6, 6.07) is 11.4. The maximum absolute atomic E-state index is 6.01. The summed E-state index contributed by atoms with van der Waals surface area (Å²) < 4.78 is 7.96. The van der Waals surface area contributed by atoms with Crippen molar-refractivity contribution in [3.63, 3.8) is 0 Å². The highest BCUT2D eigenvalue weighted by molar-refractivity contribution is 5.48. The number of hydrogen-bond acceptors (Lipinski definition) is 3. The lowest BCUT2D eigenvalue weighted by Gasteiger charge is -2.63. The minimum atomic E-state index is 0.439. The van der Waals surface area contributed by atoms with Crippen molar-refractivity contribution in [2.45, 2.75) is 44.4 Å². The summed E-state index contributed by atoms with van der Waals surface area (Å²) in [6.07, 6.45) is 9.63. The molecule has 1 aromatic heterocycles. The van der Waals surface area contributed by atoms with Gasteiger partial charge in [0.25, 0.3) is 0 Å². The Morgan fingerprint density at radius 3 is 2.83 bits per heavy atom. The van der Waals surface area contributed by atoms with Crippen molar-refractivity contribution in [2.75, 3.05) is 11.9 Å². The van der Waals surface area contributed by atoms with Crippen molar-refractivity contribution in [1.29, 1.82) is 0 Å². The van der Waals surface area contributed by atoms with Gasteiger partial charge in [-0.05, 0) is 43.0 Å². The SMILES string of the molecule is c1cnn(Cc2ccc(N[C@@H]3[C@@H]4CCO[C@@H]4C34CCC4)cc2)c1. The monoisotopic (exact) mass is 309 g/mol. The minimum absolute atomic E-state index is 0.439. The fourth-order valence-corrected chi connectivity index (χ4v) is 4.92. The van der Waals surface area contributed by atoms with Crippen molar-refractivity contribution in [3.05, 3.63) is 48.3 Å². The molecule has 2 saturated carbocycles. The molecule has 2 aliphatic carbocycles. The average molecular weight is 309 g/mol.